The Balaban J connectivity index is 3.65. The van der Waals surface area contributed by atoms with Crippen LogP contribution in [0.3, 0.4) is 0 Å². The van der Waals surface area contributed by atoms with Gasteiger partial charge in [-0.15, -0.1) is 0 Å². The van der Waals surface area contributed by atoms with Gasteiger partial charge < -0.3 is 14.6 Å². The van der Waals surface area contributed by atoms with E-state index in [0.717, 1.165) is 77.0 Å². The number of carbonyl (C=O) groups is 2. The van der Waals surface area contributed by atoms with E-state index in [9.17, 15) is 14.7 Å². The summed E-state index contributed by atoms with van der Waals surface area (Å²) in [4.78, 5) is 24.1. The largest absolute Gasteiger partial charge is 0.462 e. The lowest BCUT2D eigenvalue weighted by molar-refractivity contribution is -0.161. The van der Waals surface area contributed by atoms with Gasteiger partial charge in [0.25, 0.3) is 0 Å². The van der Waals surface area contributed by atoms with Gasteiger partial charge in [-0.1, -0.05) is 114 Å². The lowest BCUT2D eigenvalue weighted by atomic mass is 10.1. The Morgan fingerprint density at radius 1 is 0.600 bits per heavy atom. The van der Waals surface area contributed by atoms with Gasteiger partial charge in [0.05, 0.1) is 6.61 Å². The van der Waals surface area contributed by atoms with Gasteiger partial charge in [0.2, 0.25) is 0 Å². The van der Waals surface area contributed by atoms with Crippen LogP contribution in [0.15, 0.2) is 48.6 Å². The third kappa shape index (κ3) is 28.9. The van der Waals surface area contributed by atoms with E-state index in [-0.39, 0.29) is 25.2 Å². The molecular weight excluding hydrogens is 500 g/mol. The molecule has 0 aromatic rings. The van der Waals surface area contributed by atoms with Crippen LogP contribution >= 0.6 is 0 Å². The molecule has 0 rings (SSSR count). The molecule has 230 valence electrons. The lowest BCUT2D eigenvalue weighted by Gasteiger charge is -2.15. The zero-order valence-electron chi connectivity index (χ0n) is 25.8. The minimum absolute atomic E-state index is 0.0796. The molecule has 0 aliphatic carbocycles. The normalized spacial score (nSPS) is 12.8. The monoisotopic (exact) mass is 560 g/mol. The number of hydrogen-bond donors (Lipinski definition) is 1. The quantitative estimate of drug-likeness (QED) is 0.0586. The molecule has 5 nitrogen and oxygen atoms in total. The van der Waals surface area contributed by atoms with Gasteiger partial charge in [-0.2, -0.15) is 0 Å². The lowest BCUT2D eigenvalue weighted by Crippen LogP contribution is -2.28. The van der Waals surface area contributed by atoms with Crippen molar-refractivity contribution in [2.75, 3.05) is 13.2 Å². The van der Waals surface area contributed by atoms with E-state index in [0.29, 0.717) is 12.8 Å². The summed E-state index contributed by atoms with van der Waals surface area (Å²) >= 11 is 0. The highest BCUT2D eigenvalue weighted by Crippen LogP contribution is 2.11. The van der Waals surface area contributed by atoms with Gasteiger partial charge in [-0.05, 0) is 64.2 Å². The Labute approximate surface area is 246 Å². The molecule has 1 atom stereocenters. The number of esters is 2. The van der Waals surface area contributed by atoms with E-state index in [1.54, 1.807) is 0 Å². The van der Waals surface area contributed by atoms with E-state index in [1.165, 1.54) is 38.5 Å². The molecule has 0 aromatic heterocycles. The summed E-state index contributed by atoms with van der Waals surface area (Å²) in [7, 11) is 0. The summed E-state index contributed by atoms with van der Waals surface area (Å²) in [6.07, 6.45) is 37.3. The molecule has 5 heteroatoms. The second-order valence-corrected chi connectivity index (χ2v) is 10.5. The maximum Gasteiger partial charge on any atom is 0.306 e. The van der Waals surface area contributed by atoms with E-state index in [1.807, 2.05) is 0 Å². The number of hydrogen-bond acceptors (Lipinski definition) is 5. The summed E-state index contributed by atoms with van der Waals surface area (Å²) in [6, 6.07) is 0. The van der Waals surface area contributed by atoms with Crippen molar-refractivity contribution < 1.29 is 24.2 Å². The Bertz CT molecular complexity index is 692. The van der Waals surface area contributed by atoms with E-state index >= 15 is 0 Å². The maximum absolute atomic E-state index is 12.1. The summed E-state index contributed by atoms with van der Waals surface area (Å²) in [5, 5.41) is 9.48. The fourth-order valence-electron chi connectivity index (χ4n) is 4.13. The van der Waals surface area contributed by atoms with Gasteiger partial charge in [0.15, 0.2) is 6.10 Å². The molecule has 0 bridgehead atoms. The number of carbonyl (C=O) groups excluding carboxylic acids is 2. The molecule has 40 heavy (non-hydrogen) atoms. The molecular formula is C35H60O5. The zero-order valence-corrected chi connectivity index (χ0v) is 25.8. The van der Waals surface area contributed by atoms with Crippen LogP contribution in [0.1, 0.15) is 142 Å². The molecule has 0 heterocycles. The first kappa shape index (κ1) is 37.9. The van der Waals surface area contributed by atoms with Crippen LogP contribution in [-0.2, 0) is 19.1 Å². The van der Waals surface area contributed by atoms with Crippen LogP contribution in [0.4, 0.5) is 0 Å². The number of rotatable bonds is 28. The summed E-state index contributed by atoms with van der Waals surface area (Å²) < 4.78 is 10.5. The average Bonchev–Trinajstić information content (AvgIpc) is 2.96. The zero-order chi connectivity index (χ0) is 29.4. The van der Waals surface area contributed by atoms with Crippen molar-refractivity contribution in [1.82, 2.24) is 0 Å². The van der Waals surface area contributed by atoms with E-state index < -0.39 is 6.10 Å². The minimum Gasteiger partial charge on any atom is -0.462 e. The topological polar surface area (TPSA) is 72.8 Å². The van der Waals surface area contributed by atoms with Gasteiger partial charge >= 0.3 is 11.9 Å². The van der Waals surface area contributed by atoms with Crippen LogP contribution in [0.25, 0.3) is 0 Å². The molecule has 0 saturated heterocycles. The van der Waals surface area contributed by atoms with Crippen molar-refractivity contribution in [3.8, 4) is 0 Å². The highest BCUT2D eigenvalue weighted by Gasteiger charge is 2.16. The van der Waals surface area contributed by atoms with E-state index in [2.05, 4.69) is 62.5 Å². The second-order valence-electron chi connectivity index (χ2n) is 10.5. The van der Waals surface area contributed by atoms with Crippen LogP contribution < -0.4 is 0 Å². The summed E-state index contributed by atoms with van der Waals surface area (Å²) in [5.41, 5.74) is 0. The SMILES string of the molecule is CCC=CCC=CCC=CCCCCCCCC(=O)OCC(CO)OC(=O)CCCCCCCC=CCCCC. The first-order valence-corrected chi connectivity index (χ1v) is 16.2. The molecule has 0 aliphatic rings. The Morgan fingerprint density at radius 3 is 1.65 bits per heavy atom. The number of aliphatic hydroxyl groups excluding tert-OH is 1. The van der Waals surface area contributed by atoms with Crippen LogP contribution in [0.2, 0.25) is 0 Å². The van der Waals surface area contributed by atoms with Gasteiger partial charge in [-0.25, -0.2) is 0 Å². The van der Waals surface area contributed by atoms with Crippen molar-refractivity contribution in [2.45, 2.75) is 148 Å². The average molecular weight is 561 g/mol. The molecule has 0 spiro atoms. The third-order valence-corrected chi connectivity index (χ3v) is 6.61. The van der Waals surface area contributed by atoms with Crippen LogP contribution in [-0.4, -0.2) is 36.4 Å². The predicted molar refractivity (Wildman–Crippen MR) is 168 cm³/mol. The Kier molecular flexibility index (Phi) is 29.7. The van der Waals surface area contributed by atoms with Crippen molar-refractivity contribution in [3.05, 3.63) is 48.6 Å². The fraction of sp³-hybridized carbons (Fsp3) is 0.714. The number of aliphatic hydroxyl groups is 1. The fourth-order valence-corrected chi connectivity index (χ4v) is 4.13. The maximum atomic E-state index is 12.1. The number of ether oxygens (including phenoxy) is 2. The summed E-state index contributed by atoms with van der Waals surface area (Å²) in [5.74, 6) is -0.629. The molecule has 1 unspecified atom stereocenters. The van der Waals surface area contributed by atoms with E-state index in [4.69, 9.17) is 9.47 Å². The molecule has 0 fully saturated rings. The molecule has 1 N–H and O–H groups in total. The van der Waals surface area contributed by atoms with Crippen molar-refractivity contribution >= 4 is 11.9 Å². The first-order chi connectivity index (χ1) is 19.6. The first-order valence-electron chi connectivity index (χ1n) is 16.2. The molecule has 0 aromatic carbocycles. The van der Waals surface area contributed by atoms with Crippen molar-refractivity contribution in [3.63, 3.8) is 0 Å². The smallest absolute Gasteiger partial charge is 0.306 e. The Morgan fingerprint density at radius 2 is 1.07 bits per heavy atom. The van der Waals surface area contributed by atoms with Gasteiger partial charge in [-0.3, -0.25) is 9.59 Å². The van der Waals surface area contributed by atoms with Gasteiger partial charge in [0, 0.05) is 12.8 Å². The number of unbranched alkanes of at least 4 members (excludes halogenated alkanes) is 12. The third-order valence-electron chi connectivity index (χ3n) is 6.61. The molecule has 0 aliphatic heterocycles. The molecule has 0 amide bonds. The highest BCUT2D eigenvalue weighted by molar-refractivity contribution is 5.70. The summed E-state index contributed by atoms with van der Waals surface area (Å²) in [6.45, 7) is 3.94. The number of allylic oxidation sites excluding steroid dienone is 8. The molecule has 0 saturated carbocycles. The highest BCUT2D eigenvalue weighted by atomic mass is 16.6. The predicted octanol–water partition coefficient (Wildman–Crippen LogP) is 9.50. The van der Waals surface area contributed by atoms with Crippen LogP contribution in [0, 0.1) is 0 Å². The standard InChI is InChI=1S/C35H60O5/c1-3-5-7-9-11-13-15-16-17-18-20-21-23-25-27-29-34(37)39-32-33(31-36)40-35(38)30-28-26-24-22-19-14-12-10-8-6-4-2/h5,7,10-13,16-17,33,36H,3-4,6,8-9,14-15,18-32H2,1-2H3. The molecule has 0 radical (unpaired) electrons. The minimum atomic E-state index is -0.780. The Hall–Kier alpha value is -2.14. The van der Waals surface area contributed by atoms with Crippen molar-refractivity contribution in [2.24, 2.45) is 0 Å². The van der Waals surface area contributed by atoms with Gasteiger partial charge in [0.1, 0.15) is 6.61 Å². The van der Waals surface area contributed by atoms with Crippen LogP contribution in [0.5, 0.6) is 0 Å². The second kappa shape index (κ2) is 31.4. The van der Waals surface area contributed by atoms with Crippen molar-refractivity contribution in [1.29, 1.82) is 0 Å².